The van der Waals surface area contributed by atoms with Crippen molar-refractivity contribution in [2.24, 2.45) is 5.73 Å². The fourth-order valence-electron chi connectivity index (χ4n) is 2.16. The largest absolute Gasteiger partial charge is 0.378 e. The van der Waals surface area contributed by atoms with E-state index in [4.69, 9.17) is 17.3 Å². The number of nitrogens with one attached hydrogen (secondary N) is 1. The molecule has 0 aromatic heterocycles. The molecule has 110 valence electrons. The predicted molar refractivity (Wildman–Crippen MR) is 83.1 cm³/mol. The summed E-state index contributed by atoms with van der Waals surface area (Å²) in [6.07, 6.45) is 0. The molecule has 1 amide bonds. The highest BCUT2D eigenvalue weighted by atomic mass is 35.5. The van der Waals surface area contributed by atoms with Crippen molar-refractivity contribution >= 4 is 23.2 Å². The molecule has 2 rings (SSSR count). The quantitative estimate of drug-likeness (QED) is 0.895. The predicted octanol–water partition coefficient (Wildman–Crippen LogP) is 4.06. The van der Waals surface area contributed by atoms with Gasteiger partial charge in [-0.15, -0.1) is 0 Å². The van der Waals surface area contributed by atoms with Gasteiger partial charge in [0.1, 0.15) is 5.82 Å². The monoisotopic (exact) mass is 306 g/mol. The molecule has 0 saturated heterocycles. The Hall–Kier alpha value is -2.07. The van der Waals surface area contributed by atoms with Crippen LogP contribution in [0, 0.1) is 12.7 Å². The molecule has 0 bridgehead atoms. The summed E-state index contributed by atoms with van der Waals surface area (Å²) in [7, 11) is 0. The molecule has 21 heavy (non-hydrogen) atoms. The molecule has 3 N–H and O–H groups in total. The Morgan fingerprint density at radius 1 is 1.33 bits per heavy atom. The van der Waals surface area contributed by atoms with Crippen molar-refractivity contribution in [3.63, 3.8) is 0 Å². The van der Waals surface area contributed by atoms with Gasteiger partial charge in [-0.3, -0.25) is 4.79 Å². The summed E-state index contributed by atoms with van der Waals surface area (Å²) in [4.78, 5) is 11.3. The lowest BCUT2D eigenvalue weighted by molar-refractivity contribution is 0.1000. The van der Waals surface area contributed by atoms with Gasteiger partial charge in [0.2, 0.25) is 5.91 Å². The maximum absolute atomic E-state index is 13.2. The van der Waals surface area contributed by atoms with Gasteiger partial charge in [-0.1, -0.05) is 23.7 Å². The molecule has 0 saturated carbocycles. The lowest BCUT2D eigenvalue weighted by atomic mass is 10.0. The molecule has 5 heteroatoms. The summed E-state index contributed by atoms with van der Waals surface area (Å²) >= 11 is 5.79. The molecule has 0 aliphatic rings. The second-order valence-corrected chi connectivity index (χ2v) is 5.29. The Labute approximate surface area is 127 Å². The van der Waals surface area contributed by atoms with Crippen LogP contribution in [0.4, 0.5) is 10.1 Å². The SMILES string of the molecule is Cc1c(NC(C)c2ccc(F)c(Cl)c2)cccc1C(N)=O. The smallest absolute Gasteiger partial charge is 0.249 e. The summed E-state index contributed by atoms with van der Waals surface area (Å²) in [5, 5.41) is 3.37. The molecule has 0 heterocycles. The van der Waals surface area contributed by atoms with Gasteiger partial charge in [-0.25, -0.2) is 4.39 Å². The fraction of sp³-hybridized carbons (Fsp3) is 0.188. The molecule has 0 spiro atoms. The summed E-state index contributed by atoms with van der Waals surface area (Å²) < 4.78 is 13.2. The Bertz CT molecular complexity index is 688. The number of carbonyl (C=O) groups is 1. The number of hydrogen-bond donors (Lipinski definition) is 2. The van der Waals surface area contributed by atoms with Gasteiger partial charge in [0.05, 0.1) is 5.02 Å². The molecule has 0 radical (unpaired) electrons. The van der Waals surface area contributed by atoms with Crippen molar-refractivity contribution in [2.75, 3.05) is 5.32 Å². The van der Waals surface area contributed by atoms with Crippen LogP contribution in [0.1, 0.15) is 34.5 Å². The minimum Gasteiger partial charge on any atom is -0.378 e. The van der Waals surface area contributed by atoms with E-state index >= 15 is 0 Å². The molecule has 0 aliphatic heterocycles. The third kappa shape index (κ3) is 3.34. The summed E-state index contributed by atoms with van der Waals surface area (Å²) in [5.74, 6) is -0.909. The molecule has 0 aliphatic carbocycles. The topological polar surface area (TPSA) is 55.1 Å². The average Bonchev–Trinajstić information content (AvgIpc) is 2.43. The molecular formula is C16H16ClFN2O. The first-order valence-electron chi connectivity index (χ1n) is 6.51. The Balaban J connectivity index is 2.27. The van der Waals surface area contributed by atoms with Crippen molar-refractivity contribution in [3.05, 3.63) is 63.9 Å². The van der Waals surface area contributed by atoms with Crippen LogP contribution in [0.5, 0.6) is 0 Å². The maximum Gasteiger partial charge on any atom is 0.249 e. The summed E-state index contributed by atoms with van der Waals surface area (Å²) in [6, 6.07) is 9.81. The number of hydrogen-bond acceptors (Lipinski definition) is 2. The van der Waals surface area contributed by atoms with E-state index in [-0.39, 0.29) is 11.1 Å². The van der Waals surface area contributed by atoms with Crippen LogP contribution in [-0.2, 0) is 0 Å². The Morgan fingerprint density at radius 3 is 2.67 bits per heavy atom. The van der Waals surface area contributed by atoms with E-state index in [1.54, 1.807) is 24.3 Å². The molecule has 3 nitrogen and oxygen atoms in total. The van der Waals surface area contributed by atoms with Crippen molar-refractivity contribution < 1.29 is 9.18 Å². The van der Waals surface area contributed by atoms with Crippen LogP contribution in [0.3, 0.4) is 0 Å². The van der Waals surface area contributed by atoms with Gasteiger partial charge in [0.25, 0.3) is 0 Å². The van der Waals surface area contributed by atoms with Crippen LogP contribution in [0.2, 0.25) is 5.02 Å². The van der Waals surface area contributed by atoms with Crippen LogP contribution in [0.15, 0.2) is 36.4 Å². The zero-order valence-electron chi connectivity index (χ0n) is 11.8. The normalized spacial score (nSPS) is 12.0. The minimum absolute atomic E-state index is 0.0868. The minimum atomic E-state index is -0.464. The Kier molecular flexibility index (Phi) is 4.48. The zero-order valence-corrected chi connectivity index (χ0v) is 12.5. The number of anilines is 1. The Morgan fingerprint density at radius 2 is 2.05 bits per heavy atom. The van der Waals surface area contributed by atoms with Gasteiger partial charge < -0.3 is 11.1 Å². The van der Waals surface area contributed by atoms with Crippen LogP contribution < -0.4 is 11.1 Å². The molecule has 1 unspecified atom stereocenters. The van der Waals surface area contributed by atoms with E-state index in [1.165, 1.54) is 6.07 Å². The standard InChI is InChI=1S/C16H16ClFN2O/c1-9-12(16(19)21)4-3-5-15(9)20-10(2)11-6-7-14(18)13(17)8-11/h3-8,10,20H,1-2H3,(H2,19,21). The summed E-state index contributed by atoms with van der Waals surface area (Å²) in [6.45, 7) is 3.76. The van der Waals surface area contributed by atoms with Crippen molar-refractivity contribution in [1.29, 1.82) is 0 Å². The molecular weight excluding hydrogens is 291 g/mol. The van der Waals surface area contributed by atoms with E-state index < -0.39 is 11.7 Å². The highest BCUT2D eigenvalue weighted by Crippen LogP contribution is 2.26. The van der Waals surface area contributed by atoms with Crippen LogP contribution in [0.25, 0.3) is 0 Å². The van der Waals surface area contributed by atoms with Gasteiger partial charge >= 0.3 is 0 Å². The number of carbonyl (C=O) groups excluding carboxylic acids is 1. The second-order valence-electron chi connectivity index (χ2n) is 4.88. The molecule has 2 aromatic rings. The number of halogens is 2. The zero-order chi connectivity index (χ0) is 15.6. The highest BCUT2D eigenvalue weighted by Gasteiger charge is 2.12. The maximum atomic E-state index is 13.2. The number of primary amides is 1. The third-order valence-corrected chi connectivity index (χ3v) is 3.70. The average molecular weight is 307 g/mol. The van der Waals surface area contributed by atoms with Gasteiger partial charge in [0, 0.05) is 17.3 Å². The van der Waals surface area contributed by atoms with E-state index in [0.717, 1.165) is 16.8 Å². The first-order chi connectivity index (χ1) is 9.90. The van der Waals surface area contributed by atoms with Gasteiger partial charge in [-0.2, -0.15) is 0 Å². The lowest BCUT2D eigenvalue weighted by Crippen LogP contribution is -2.15. The second kappa shape index (κ2) is 6.14. The highest BCUT2D eigenvalue weighted by molar-refractivity contribution is 6.30. The molecule has 0 fully saturated rings. The van der Waals surface area contributed by atoms with Crippen molar-refractivity contribution in [1.82, 2.24) is 0 Å². The third-order valence-electron chi connectivity index (χ3n) is 3.41. The van der Waals surface area contributed by atoms with E-state index in [9.17, 15) is 9.18 Å². The first-order valence-corrected chi connectivity index (χ1v) is 6.89. The number of amides is 1. The molecule has 1 atom stereocenters. The van der Waals surface area contributed by atoms with Crippen LogP contribution in [-0.4, -0.2) is 5.91 Å². The van der Waals surface area contributed by atoms with E-state index in [1.807, 2.05) is 19.9 Å². The van der Waals surface area contributed by atoms with Gasteiger partial charge in [0.15, 0.2) is 0 Å². The van der Waals surface area contributed by atoms with Gasteiger partial charge in [-0.05, 0) is 49.2 Å². The number of rotatable bonds is 4. The van der Waals surface area contributed by atoms with E-state index in [2.05, 4.69) is 5.32 Å². The summed E-state index contributed by atoms with van der Waals surface area (Å²) in [5.41, 5.74) is 8.25. The van der Waals surface area contributed by atoms with Crippen LogP contribution >= 0.6 is 11.6 Å². The van der Waals surface area contributed by atoms with Crippen molar-refractivity contribution in [3.8, 4) is 0 Å². The first kappa shape index (κ1) is 15.3. The fourth-order valence-corrected chi connectivity index (χ4v) is 2.35. The van der Waals surface area contributed by atoms with E-state index in [0.29, 0.717) is 5.56 Å². The lowest BCUT2D eigenvalue weighted by Gasteiger charge is -2.19. The molecule has 2 aromatic carbocycles. The number of benzene rings is 2. The van der Waals surface area contributed by atoms with Crippen molar-refractivity contribution in [2.45, 2.75) is 19.9 Å². The number of nitrogens with two attached hydrogens (primary N) is 1.